The highest BCUT2D eigenvalue weighted by atomic mass is 16.5. The van der Waals surface area contributed by atoms with Crippen molar-refractivity contribution < 1.29 is 33.2 Å². The van der Waals surface area contributed by atoms with Crippen LogP contribution in [0.2, 0.25) is 0 Å². The smallest absolute Gasteiger partial charge is 0.243 e. The van der Waals surface area contributed by atoms with Gasteiger partial charge in [0.1, 0.15) is 11.5 Å². The Labute approximate surface area is 174 Å². The molecule has 0 fully saturated rings. The first-order chi connectivity index (χ1) is 14.5. The summed E-state index contributed by atoms with van der Waals surface area (Å²) in [7, 11) is 7.66. The molecule has 0 N–H and O–H groups in total. The third-order valence-corrected chi connectivity index (χ3v) is 4.58. The van der Waals surface area contributed by atoms with Crippen LogP contribution in [0, 0.1) is 0 Å². The van der Waals surface area contributed by atoms with Crippen LogP contribution in [0.5, 0.6) is 28.7 Å². The van der Waals surface area contributed by atoms with E-state index in [-0.39, 0.29) is 11.8 Å². The molecule has 1 unspecified atom stereocenters. The van der Waals surface area contributed by atoms with Crippen LogP contribution < -0.4 is 23.7 Å². The number of carbonyl (C=O) groups is 1. The molecule has 1 aliphatic heterocycles. The molecule has 0 saturated carbocycles. The van der Waals surface area contributed by atoms with Gasteiger partial charge in [0.2, 0.25) is 23.8 Å². The molecule has 0 saturated heterocycles. The predicted molar refractivity (Wildman–Crippen MR) is 109 cm³/mol. The van der Waals surface area contributed by atoms with Gasteiger partial charge in [0.05, 0.1) is 41.1 Å². The lowest BCUT2D eigenvalue weighted by atomic mass is 10.1. The highest BCUT2D eigenvalue weighted by molar-refractivity contribution is 5.97. The molecule has 30 heavy (non-hydrogen) atoms. The van der Waals surface area contributed by atoms with Crippen molar-refractivity contribution in [1.82, 2.24) is 5.01 Å². The van der Waals surface area contributed by atoms with Crippen LogP contribution in [0.3, 0.4) is 0 Å². The van der Waals surface area contributed by atoms with Crippen molar-refractivity contribution in [3.63, 3.8) is 0 Å². The van der Waals surface area contributed by atoms with Crippen molar-refractivity contribution in [1.29, 1.82) is 0 Å². The largest absolute Gasteiger partial charge is 0.497 e. The van der Waals surface area contributed by atoms with Gasteiger partial charge in [-0.15, -0.1) is 5.10 Å². The van der Waals surface area contributed by atoms with Crippen molar-refractivity contribution in [3.05, 3.63) is 41.5 Å². The average molecular weight is 416 g/mol. The maximum atomic E-state index is 12.3. The summed E-state index contributed by atoms with van der Waals surface area (Å²) < 4.78 is 32.9. The average Bonchev–Trinajstić information content (AvgIpc) is 3.23. The highest BCUT2D eigenvalue weighted by Gasteiger charge is 2.36. The zero-order valence-corrected chi connectivity index (χ0v) is 17.7. The van der Waals surface area contributed by atoms with Gasteiger partial charge < -0.3 is 28.4 Å². The van der Waals surface area contributed by atoms with Crippen LogP contribution in [-0.4, -0.2) is 52.4 Å². The van der Waals surface area contributed by atoms with Crippen LogP contribution in [0.25, 0.3) is 0 Å². The van der Waals surface area contributed by atoms with E-state index in [0.717, 1.165) is 0 Å². The van der Waals surface area contributed by atoms with Gasteiger partial charge in [-0.25, -0.2) is 0 Å². The Hall–Kier alpha value is -3.62. The van der Waals surface area contributed by atoms with E-state index in [1.54, 1.807) is 37.4 Å². The zero-order valence-electron chi connectivity index (χ0n) is 17.7. The number of ether oxygens (including phenoxy) is 6. The third-order valence-electron chi connectivity index (χ3n) is 4.58. The van der Waals surface area contributed by atoms with E-state index < -0.39 is 6.23 Å². The van der Waals surface area contributed by atoms with Gasteiger partial charge >= 0.3 is 0 Å². The summed E-state index contributed by atoms with van der Waals surface area (Å²) >= 11 is 0. The van der Waals surface area contributed by atoms with E-state index in [1.807, 2.05) is 0 Å². The predicted octanol–water partition coefficient (Wildman–Crippen LogP) is 2.97. The number of hydrazone groups is 1. The minimum absolute atomic E-state index is 0.229. The number of rotatable bonds is 7. The minimum Gasteiger partial charge on any atom is -0.497 e. The molecule has 0 aliphatic carbocycles. The Kier molecular flexibility index (Phi) is 6.20. The Bertz CT molecular complexity index is 949. The van der Waals surface area contributed by atoms with Crippen molar-refractivity contribution in [2.24, 2.45) is 5.10 Å². The molecule has 0 radical (unpaired) electrons. The van der Waals surface area contributed by atoms with Gasteiger partial charge in [-0.1, -0.05) is 0 Å². The van der Waals surface area contributed by atoms with Crippen LogP contribution >= 0.6 is 0 Å². The number of nitrogens with zero attached hydrogens (tertiary/aromatic N) is 2. The van der Waals surface area contributed by atoms with Gasteiger partial charge in [0, 0.05) is 18.6 Å². The molecule has 9 nitrogen and oxygen atoms in total. The van der Waals surface area contributed by atoms with Crippen LogP contribution in [-0.2, 0) is 9.53 Å². The quantitative estimate of drug-likeness (QED) is 0.686. The number of methoxy groups -OCH3 is 5. The summed E-state index contributed by atoms with van der Waals surface area (Å²) in [5, 5.41) is 5.63. The van der Waals surface area contributed by atoms with Crippen LogP contribution in [0.4, 0.5) is 0 Å². The molecule has 0 bridgehead atoms. The van der Waals surface area contributed by atoms with Gasteiger partial charge in [-0.2, -0.15) is 5.01 Å². The van der Waals surface area contributed by atoms with Crippen molar-refractivity contribution in [3.8, 4) is 28.7 Å². The number of carbonyl (C=O) groups excluding carboxylic acids is 1. The summed E-state index contributed by atoms with van der Waals surface area (Å²) in [4.78, 5) is 12.3. The molecule has 1 aliphatic rings. The maximum absolute atomic E-state index is 12.3. The van der Waals surface area contributed by atoms with E-state index in [4.69, 9.17) is 28.4 Å². The molecular formula is C21H24N2O7. The first-order valence-electron chi connectivity index (χ1n) is 9.04. The first kappa shape index (κ1) is 21.1. The molecular weight excluding hydrogens is 392 g/mol. The lowest BCUT2D eigenvalue weighted by molar-refractivity contribution is -0.135. The summed E-state index contributed by atoms with van der Waals surface area (Å²) in [6.45, 7) is 1.41. The van der Waals surface area contributed by atoms with Crippen LogP contribution in [0.1, 0.15) is 24.3 Å². The lowest BCUT2D eigenvalue weighted by Crippen LogP contribution is -2.25. The van der Waals surface area contributed by atoms with Crippen molar-refractivity contribution >= 4 is 11.8 Å². The van der Waals surface area contributed by atoms with E-state index in [9.17, 15) is 4.79 Å². The fourth-order valence-corrected chi connectivity index (χ4v) is 3.11. The Morgan fingerprint density at radius 1 is 0.900 bits per heavy atom. The second-order valence-electron chi connectivity index (χ2n) is 6.26. The zero-order chi connectivity index (χ0) is 21.8. The molecule has 1 atom stereocenters. The van der Waals surface area contributed by atoms with E-state index >= 15 is 0 Å². The van der Waals surface area contributed by atoms with Crippen molar-refractivity contribution in [2.45, 2.75) is 13.2 Å². The molecule has 0 spiro atoms. The molecule has 1 heterocycles. The summed E-state index contributed by atoms with van der Waals surface area (Å²) in [5.41, 5.74) is 1.19. The number of benzene rings is 2. The Morgan fingerprint density at radius 2 is 1.53 bits per heavy atom. The standard InChI is InChI=1S/C21H24N2O7/c1-12(24)23-21(15-8-7-14(25-2)11-16(15)26-3)30-20(22-23)13-9-17(27-4)19(29-6)18(10-13)28-5/h7-11,21H,1-6H3. The molecule has 9 heteroatoms. The van der Waals surface area contributed by atoms with E-state index in [0.29, 0.717) is 39.9 Å². The van der Waals surface area contributed by atoms with Crippen LogP contribution in [0.15, 0.2) is 35.4 Å². The van der Waals surface area contributed by atoms with Gasteiger partial charge in [-0.05, 0) is 24.3 Å². The Balaban J connectivity index is 2.04. The second-order valence-corrected chi connectivity index (χ2v) is 6.26. The minimum atomic E-state index is -0.808. The SMILES string of the molecule is COc1ccc(C2OC(c3cc(OC)c(OC)c(OC)c3)=NN2C(C)=O)c(OC)c1. The molecule has 0 aromatic heterocycles. The second kappa shape index (κ2) is 8.81. The molecule has 160 valence electrons. The molecule has 2 aromatic rings. The summed E-state index contributed by atoms with van der Waals surface area (Å²) in [6, 6.07) is 8.65. The number of hydrogen-bond donors (Lipinski definition) is 0. The summed E-state index contributed by atoms with van der Waals surface area (Å²) in [6.07, 6.45) is -0.808. The monoisotopic (exact) mass is 416 g/mol. The number of amides is 1. The van der Waals surface area contributed by atoms with Gasteiger partial charge in [0.15, 0.2) is 11.5 Å². The third kappa shape index (κ3) is 3.78. The molecule has 2 aromatic carbocycles. The van der Waals surface area contributed by atoms with Crippen molar-refractivity contribution in [2.75, 3.05) is 35.5 Å². The fourth-order valence-electron chi connectivity index (χ4n) is 3.11. The molecule has 1 amide bonds. The fraction of sp³-hybridized carbons (Fsp3) is 0.333. The summed E-state index contributed by atoms with van der Waals surface area (Å²) in [5.74, 6) is 2.39. The highest BCUT2D eigenvalue weighted by Crippen LogP contribution is 2.41. The maximum Gasteiger partial charge on any atom is 0.243 e. The molecule has 3 rings (SSSR count). The topological polar surface area (TPSA) is 88.1 Å². The Morgan fingerprint density at radius 3 is 2.03 bits per heavy atom. The normalized spacial score (nSPS) is 15.2. The van der Waals surface area contributed by atoms with Gasteiger partial charge in [-0.3, -0.25) is 4.79 Å². The number of hydrogen-bond acceptors (Lipinski definition) is 8. The van der Waals surface area contributed by atoms with E-state index in [1.165, 1.54) is 40.4 Å². The van der Waals surface area contributed by atoms with E-state index in [2.05, 4.69) is 5.10 Å². The van der Waals surface area contributed by atoms with Gasteiger partial charge in [0.25, 0.3) is 0 Å². The lowest BCUT2D eigenvalue weighted by Gasteiger charge is -2.21. The first-order valence-corrected chi connectivity index (χ1v) is 9.04.